The molecule has 0 saturated heterocycles. The zero-order chi connectivity index (χ0) is 19.1. The van der Waals surface area contributed by atoms with Crippen LogP contribution in [0.15, 0.2) is 28.6 Å². The van der Waals surface area contributed by atoms with Gasteiger partial charge in [0.2, 0.25) is 5.88 Å². The van der Waals surface area contributed by atoms with Gasteiger partial charge in [-0.1, -0.05) is 0 Å². The molecule has 3 rings (SSSR count). The maximum absolute atomic E-state index is 13.0. The summed E-state index contributed by atoms with van der Waals surface area (Å²) in [5.74, 6) is -0.108. The van der Waals surface area contributed by atoms with Crippen molar-refractivity contribution in [2.75, 3.05) is 17.5 Å². The van der Waals surface area contributed by atoms with Gasteiger partial charge in [0.1, 0.15) is 16.5 Å². The molecule has 1 N–H and O–H groups in total. The molecule has 1 aliphatic rings. The van der Waals surface area contributed by atoms with Crippen molar-refractivity contribution in [3.05, 3.63) is 34.8 Å². The van der Waals surface area contributed by atoms with Crippen LogP contribution in [0.5, 0.6) is 5.88 Å². The maximum atomic E-state index is 13.0. The van der Waals surface area contributed by atoms with Crippen molar-refractivity contribution in [2.24, 2.45) is 0 Å². The third kappa shape index (κ3) is 3.68. The Balaban J connectivity index is 2.01. The standard InChI is InChI=1S/C17H21N3O4S2/c1-11-5-6-14(25-11)26(22,23)20-7-8-24-16-13(20)9-12(10-18-16)15(21)19-17(2,3)4/h5-6,9-10H,7-8H2,1-4H3,(H,19,21). The predicted octanol–water partition coefficient (Wildman–Crippen LogP) is 2.57. The van der Waals surface area contributed by atoms with Crippen molar-refractivity contribution in [2.45, 2.75) is 37.4 Å². The van der Waals surface area contributed by atoms with Gasteiger partial charge in [0, 0.05) is 16.6 Å². The first-order chi connectivity index (χ1) is 12.1. The van der Waals surface area contributed by atoms with Gasteiger partial charge in [-0.25, -0.2) is 13.4 Å². The smallest absolute Gasteiger partial charge is 0.274 e. The average molecular weight is 396 g/mol. The highest BCUT2D eigenvalue weighted by Crippen LogP contribution is 2.36. The number of pyridine rings is 1. The fourth-order valence-electron chi connectivity index (χ4n) is 2.52. The molecule has 3 heterocycles. The average Bonchev–Trinajstić information content (AvgIpc) is 2.99. The van der Waals surface area contributed by atoms with Crippen molar-refractivity contribution in [3.8, 4) is 5.88 Å². The lowest BCUT2D eigenvalue weighted by atomic mass is 10.1. The molecule has 0 spiro atoms. The van der Waals surface area contributed by atoms with Gasteiger partial charge >= 0.3 is 0 Å². The SMILES string of the molecule is Cc1ccc(S(=O)(=O)N2CCOc3ncc(C(=O)NC(C)(C)C)cc32)s1. The van der Waals surface area contributed by atoms with E-state index in [-0.39, 0.29) is 40.4 Å². The summed E-state index contributed by atoms with van der Waals surface area (Å²) < 4.78 is 33.1. The normalized spacial score (nSPS) is 14.5. The monoisotopic (exact) mass is 395 g/mol. The lowest BCUT2D eigenvalue weighted by Gasteiger charge is -2.29. The third-order valence-corrected chi connectivity index (χ3v) is 6.93. The molecule has 0 atom stereocenters. The molecular weight excluding hydrogens is 374 g/mol. The second kappa shape index (κ2) is 6.55. The van der Waals surface area contributed by atoms with Crippen LogP contribution in [-0.2, 0) is 10.0 Å². The van der Waals surface area contributed by atoms with E-state index in [4.69, 9.17) is 4.74 Å². The fourth-order valence-corrected chi connectivity index (χ4v) is 5.36. The van der Waals surface area contributed by atoms with Crippen LogP contribution in [0.2, 0.25) is 0 Å². The number of rotatable bonds is 3. The number of nitrogens with one attached hydrogen (secondary N) is 1. The van der Waals surface area contributed by atoms with E-state index < -0.39 is 15.6 Å². The Hall–Kier alpha value is -2.13. The maximum Gasteiger partial charge on any atom is 0.274 e. The van der Waals surface area contributed by atoms with Crippen LogP contribution in [0.1, 0.15) is 36.0 Å². The first-order valence-corrected chi connectivity index (χ1v) is 10.4. The Labute approximate surface area is 157 Å². The lowest BCUT2D eigenvalue weighted by Crippen LogP contribution is -2.41. The van der Waals surface area contributed by atoms with Gasteiger partial charge in [0.15, 0.2) is 0 Å². The van der Waals surface area contributed by atoms with Crippen LogP contribution < -0.4 is 14.4 Å². The molecular formula is C17H21N3O4S2. The summed E-state index contributed by atoms with van der Waals surface area (Å²) in [7, 11) is -3.73. The van der Waals surface area contributed by atoms with Crippen molar-refractivity contribution in [1.82, 2.24) is 10.3 Å². The molecule has 0 saturated carbocycles. The van der Waals surface area contributed by atoms with Gasteiger partial charge in [0.05, 0.1) is 12.1 Å². The molecule has 1 amide bonds. The van der Waals surface area contributed by atoms with E-state index in [0.717, 1.165) is 4.88 Å². The van der Waals surface area contributed by atoms with Crippen LogP contribution >= 0.6 is 11.3 Å². The molecule has 2 aromatic rings. The molecule has 9 heteroatoms. The Morgan fingerprint density at radius 1 is 1.35 bits per heavy atom. The fraction of sp³-hybridized carbons (Fsp3) is 0.412. The Bertz CT molecular complexity index is 945. The van der Waals surface area contributed by atoms with Gasteiger partial charge in [-0.05, 0) is 45.9 Å². The van der Waals surface area contributed by atoms with E-state index >= 15 is 0 Å². The van der Waals surface area contributed by atoms with Gasteiger partial charge in [0.25, 0.3) is 15.9 Å². The highest BCUT2D eigenvalue weighted by molar-refractivity contribution is 7.94. The van der Waals surface area contributed by atoms with Crippen LogP contribution in [0, 0.1) is 6.92 Å². The van der Waals surface area contributed by atoms with Crippen LogP contribution in [0.3, 0.4) is 0 Å². The van der Waals surface area contributed by atoms with E-state index in [0.29, 0.717) is 0 Å². The zero-order valence-electron chi connectivity index (χ0n) is 15.1. The summed E-state index contributed by atoms with van der Waals surface area (Å²) in [5, 5.41) is 2.85. The first kappa shape index (κ1) is 18.7. The molecule has 0 bridgehead atoms. The molecule has 2 aromatic heterocycles. The van der Waals surface area contributed by atoms with E-state index in [9.17, 15) is 13.2 Å². The summed E-state index contributed by atoms with van der Waals surface area (Å²) >= 11 is 1.21. The quantitative estimate of drug-likeness (QED) is 0.863. The number of aromatic nitrogens is 1. The molecule has 1 aliphatic heterocycles. The predicted molar refractivity (Wildman–Crippen MR) is 101 cm³/mol. The largest absolute Gasteiger partial charge is 0.474 e. The zero-order valence-corrected chi connectivity index (χ0v) is 16.7. The second-order valence-corrected chi connectivity index (χ2v) is 10.4. The van der Waals surface area contributed by atoms with E-state index in [2.05, 4.69) is 10.3 Å². The molecule has 0 unspecified atom stereocenters. The Morgan fingerprint density at radius 2 is 2.08 bits per heavy atom. The summed E-state index contributed by atoms with van der Waals surface area (Å²) in [5.41, 5.74) is 0.152. The van der Waals surface area contributed by atoms with Crippen LogP contribution in [-0.4, -0.2) is 38.0 Å². The lowest BCUT2D eigenvalue weighted by molar-refractivity contribution is 0.0919. The highest BCUT2D eigenvalue weighted by atomic mass is 32.2. The van der Waals surface area contributed by atoms with Gasteiger partial charge in [-0.3, -0.25) is 9.10 Å². The molecule has 0 fully saturated rings. The number of hydrogen-bond donors (Lipinski definition) is 1. The summed E-state index contributed by atoms with van der Waals surface area (Å²) in [6, 6.07) is 4.87. The number of thiophene rings is 1. The number of carbonyl (C=O) groups is 1. The molecule has 140 valence electrons. The number of hydrogen-bond acceptors (Lipinski definition) is 6. The van der Waals surface area contributed by atoms with Crippen molar-refractivity contribution >= 4 is 33.0 Å². The first-order valence-electron chi connectivity index (χ1n) is 8.12. The molecule has 26 heavy (non-hydrogen) atoms. The van der Waals surface area contributed by atoms with Crippen LogP contribution in [0.25, 0.3) is 0 Å². The van der Waals surface area contributed by atoms with Gasteiger partial charge in [-0.15, -0.1) is 11.3 Å². The van der Waals surface area contributed by atoms with Crippen molar-refractivity contribution in [1.29, 1.82) is 0 Å². The topological polar surface area (TPSA) is 88.6 Å². The second-order valence-electron chi connectivity index (χ2n) is 7.04. The summed E-state index contributed by atoms with van der Waals surface area (Å²) in [4.78, 5) is 17.5. The van der Waals surface area contributed by atoms with E-state index in [1.807, 2.05) is 27.7 Å². The van der Waals surface area contributed by atoms with E-state index in [1.54, 1.807) is 12.1 Å². The Morgan fingerprint density at radius 3 is 2.69 bits per heavy atom. The number of carbonyl (C=O) groups excluding carboxylic acids is 1. The number of ether oxygens (including phenoxy) is 1. The molecule has 0 radical (unpaired) electrons. The minimum atomic E-state index is -3.73. The molecule has 0 aromatic carbocycles. The molecule has 0 aliphatic carbocycles. The van der Waals surface area contributed by atoms with Crippen molar-refractivity contribution < 1.29 is 17.9 Å². The highest BCUT2D eigenvalue weighted by Gasteiger charge is 2.32. The molecule has 7 nitrogen and oxygen atoms in total. The number of nitrogens with zero attached hydrogens (tertiary/aromatic N) is 2. The summed E-state index contributed by atoms with van der Waals surface area (Å²) in [6.45, 7) is 7.84. The minimum absolute atomic E-state index is 0.165. The number of anilines is 1. The number of aryl methyl sites for hydroxylation is 1. The number of sulfonamides is 1. The van der Waals surface area contributed by atoms with Crippen molar-refractivity contribution in [3.63, 3.8) is 0 Å². The minimum Gasteiger partial charge on any atom is -0.474 e. The van der Waals surface area contributed by atoms with E-state index in [1.165, 1.54) is 27.9 Å². The Kier molecular flexibility index (Phi) is 4.70. The van der Waals surface area contributed by atoms with Crippen LogP contribution in [0.4, 0.5) is 5.69 Å². The van der Waals surface area contributed by atoms with Gasteiger partial charge in [-0.2, -0.15) is 0 Å². The van der Waals surface area contributed by atoms with Gasteiger partial charge < -0.3 is 10.1 Å². The third-order valence-electron chi connectivity index (χ3n) is 3.64. The number of amides is 1. The summed E-state index contributed by atoms with van der Waals surface area (Å²) in [6.07, 6.45) is 1.39. The number of fused-ring (bicyclic) bond motifs is 1.